The van der Waals surface area contributed by atoms with E-state index in [0.717, 1.165) is 44.5 Å². The van der Waals surface area contributed by atoms with Gasteiger partial charge in [-0.15, -0.1) is 24.0 Å². The normalized spacial score (nSPS) is 20.6. The minimum atomic E-state index is -0.173. The number of piperidine rings is 1. The third kappa shape index (κ3) is 6.55. The van der Waals surface area contributed by atoms with Gasteiger partial charge in [0.25, 0.3) is 0 Å². The molecular weight excluding hydrogens is 482 g/mol. The van der Waals surface area contributed by atoms with Crippen molar-refractivity contribution in [2.45, 2.75) is 51.4 Å². The molecular formula is C22H34FIN4O. The second-order valence-electron chi connectivity index (χ2n) is 8.22. The number of nitrogens with zero attached hydrogens (tertiary/aromatic N) is 2. The van der Waals surface area contributed by atoms with Gasteiger partial charge in [-0.05, 0) is 50.2 Å². The van der Waals surface area contributed by atoms with Crippen LogP contribution in [0.5, 0.6) is 0 Å². The molecule has 5 nitrogen and oxygen atoms in total. The van der Waals surface area contributed by atoms with Crippen molar-refractivity contribution in [2.75, 3.05) is 32.7 Å². The van der Waals surface area contributed by atoms with Gasteiger partial charge in [0.05, 0.1) is 6.54 Å². The summed E-state index contributed by atoms with van der Waals surface area (Å²) in [5.74, 6) is 1.36. The van der Waals surface area contributed by atoms with Crippen LogP contribution in [-0.2, 0) is 10.2 Å². The molecule has 7 heteroatoms. The van der Waals surface area contributed by atoms with Crippen molar-refractivity contribution in [2.24, 2.45) is 10.9 Å². The average molecular weight is 516 g/mol. The number of amides is 1. The van der Waals surface area contributed by atoms with Gasteiger partial charge in [0.15, 0.2) is 5.96 Å². The molecule has 1 aliphatic carbocycles. The molecule has 1 unspecified atom stereocenters. The summed E-state index contributed by atoms with van der Waals surface area (Å²) in [4.78, 5) is 19.1. The van der Waals surface area contributed by atoms with E-state index >= 15 is 0 Å². The first kappa shape index (κ1) is 23.9. The molecule has 1 saturated heterocycles. The molecule has 29 heavy (non-hydrogen) atoms. The summed E-state index contributed by atoms with van der Waals surface area (Å²) in [5.41, 5.74) is 0.594. The lowest BCUT2D eigenvalue weighted by Gasteiger charge is -2.31. The molecule has 0 radical (unpaired) electrons. The van der Waals surface area contributed by atoms with Crippen LogP contribution in [0.3, 0.4) is 0 Å². The zero-order chi connectivity index (χ0) is 20.0. The second-order valence-corrected chi connectivity index (χ2v) is 8.22. The summed E-state index contributed by atoms with van der Waals surface area (Å²) < 4.78 is 14.2. The van der Waals surface area contributed by atoms with E-state index in [1.54, 1.807) is 6.07 Å². The standard InChI is InChI=1S/C22H33FN4O.HI/c1-3-24-21(25-13-10-20(28)27-14-6-7-17(2)15-27)26-16-22(11-12-22)18-8-4-5-9-19(18)23;/h4-5,8-9,17H,3,6-7,10-16H2,1-2H3,(H2,24,25,26);1H. The van der Waals surface area contributed by atoms with Crippen LogP contribution >= 0.6 is 24.0 Å². The molecule has 1 heterocycles. The van der Waals surface area contributed by atoms with Crippen LogP contribution in [0, 0.1) is 11.7 Å². The minimum Gasteiger partial charge on any atom is -0.357 e. The Morgan fingerprint density at radius 1 is 1.31 bits per heavy atom. The Morgan fingerprint density at radius 3 is 2.72 bits per heavy atom. The molecule has 1 amide bonds. The van der Waals surface area contributed by atoms with E-state index in [4.69, 9.17) is 0 Å². The van der Waals surface area contributed by atoms with Gasteiger partial charge in [-0.1, -0.05) is 25.1 Å². The van der Waals surface area contributed by atoms with Gasteiger partial charge in [-0.3, -0.25) is 9.79 Å². The number of aliphatic imine (C=N–C) groups is 1. The molecule has 1 aromatic carbocycles. The number of carbonyl (C=O) groups excluding carboxylic acids is 1. The first-order valence-corrected chi connectivity index (χ1v) is 10.6. The van der Waals surface area contributed by atoms with E-state index in [1.165, 1.54) is 12.5 Å². The zero-order valence-corrected chi connectivity index (χ0v) is 19.9. The smallest absolute Gasteiger partial charge is 0.224 e. The maximum atomic E-state index is 14.2. The summed E-state index contributed by atoms with van der Waals surface area (Å²) in [6, 6.07) is 7.01. The quantitative estimate of drug-likeness (QED) is 0.331. The number of nitrogens with one attached hydrogen (secondary N) is 2. The Kier molecular flexibility index (Phi) is 9.17. The number of benzene rings is 1. The third-order valence-electron chi connectivity index (χ3n) is 5.82. The maximum Gasteiger partial charge on any atom is 0.224 e. The van der Waals surface area contributed by atoms with Crippen molar-refractivity contribution in [3.05, 3.63) is 35.6 Å². The number of hydrogen-bond donors (Lipinski definition) is 2. The predicted molar refractivity (Wildman–Crippen MR) is 126 cm³/mol. The number of halogens is 2. The molecule has 1 aliphatic heterocycles. The van der Waals surface area contributed by atoms with Crippen LogP contribution in [0.25, 0.3) is 0 Å². The van der Waals surface area contributed by atoms with Crippen molar-refractivity contribution in [1.82, 2.24) is 15.5 Å². The lowest BCUT2D eigenvalue weighted by atomic mass is 9.95. The molecule has 2 fully saturated rings. The summed E-state index contributed by atoms with van der Waals surface area (Å²) in [6.45, 7) is 7.83. The lowest BCUT2D eigenvalue weighted by Crippen LogP contribution is -2.42. The molecule has 1 saturated carbocycles. The van der Waals surface area contributed by atoms with Gasteiger partial charge in [0, 0.05) is 38.0 Å². The fourth-order valence-electron chi connectivity index (χ4n) is 3.99. The molecule has 0 spiro atoms. The van der Waals surface area contributed by atoms with Gasteiger partial charge < -0.3 is 15.5 Å². The third-order valence-corrected chi connectivity index (χ3v) is 5.82. The summed E-state index contributed by atoms with van der Waals surface area (Å²) in [7, 11) is 0. The van der Waals surface area contributed by atoms with Crippen LogP contribution in [0.15, 0.2) is 29.3 Å². The molecule has 2 N–H and O–H groups in total. The van der Waals surface area contributed by atoms with Crippen LogP contribution in [-0.4, -0.2) is 49.5 Å². The Labute approximate surface area is 190 Å². The highest BCUT2D eigenvalue weighted by Gasteiger charge is 2.45. The number of hydrogen-bond acceptors (Lipinski definition) is 2. The van der Waals surface area contributed by atoms with Crippen molar-refractivity contribution in [3.8, 4) is 0 Å². The van der Waals surface area contributed by atoms with Gasteiger partial charge in [-0.25, -0.2) is 4.39 Å². The fourth-order valence-corrected chi connectivity index (χ4v) is 3.99. The van der Waals surface area contributed by atoms with Gasteiger partial charge >= 0.3 is 0 Å². The Hall–Kier alpha value is -1.38. The Balaban J connectivity index is 0.00000300. The molecule has 1 aromatic rings. The second kappa shape index (κ2) is 11.1. The number of carbonyl (C=O) groups is 1. The van der Waals surface area contributed by atoms with Crippen molar-refractivity contribution >= 4 is 35.8 Å². The minimum absolute atomic E-state index is 0. The highest BCUT2D eigenvalue weighted by atomic mass is 127. The highest BCUT2D eigenvalue weighted by molar-refractivity contribution is 14.0. The average Bonchev–Trinajstić information content (AvgIpc) is 3.47. The lowest BCUT2D eigenvalue weighted by molar-refractivity contribution is -0.132. The van der Waals surface area contributed by atoms with E-state index in [1.807, 2.05) is 24.0 Å². The number of likely N-dealkylation sites (tertiary alicyclic amines) is 1. The SMILES string of the molecule is CCNC(=NCC1(c2ccccc2F)CC1)NCCC(=O)N1CCCC(C)C1.I. The summed E-state index contributed by atoms with van der Waals surface area (Å²) in [6.07, 6.45) is 4.70. The fraction of sp³-hybridized carbons (Fsp3) is 0.636. The van der Waals surface area contributed by atoms with Gasteiger partial charge in [0.2, 0.25) is 5.91 Å². The number of rotatable bonds is 7. The molecule has 3 rings (SSSR count). The molecule has 2 aliphatic rings. The van der Waals surface area contributed by atoms with E-state index in [-0.39, 0.29) is 41.1 Å². The monoisotopic (exact) mass is 516 g/mol. The van der Waals surface area contributed by atoms with Crippen LogP contribution in [0.4, 0.5) is 4.39 Å². The molecule has 0 aromatic heterocycles. The molecule has 0 bridgehead atoms. The summed E-state index contributed by atoms with van der Waals surface area (Å²) >= 11 is 0. The van der Waals surface area contributed by atoms with E-state index < -0.39 is 0 Å². The van der Waals surface area contributed by atoms with Gasteiger partial charge in [-0.2, -0.15) is 0 Å². The highest BCUT2D eigenvalue weighted by Crippen LogP contribution is 2.49. The Morgan fingerprint density at radius 2 is 2.07 bits per heavy atom. The van der Waals surface area contributed by atoms with Crippen molar-refractivity contribution in [3.63, 3.8) is 0 Å². The van der Waals surface area contributed by atoms with Crippen molar-refractivity contribution < 1.29 is 9.18 Å². The summed E-state index contributed by atoms with van der Waals surface area (Å²) in [5, 5.41) is 6.50. The first-order valence-electron chi connectivity index (χ1n) is 10.6. The predicted octanol–water partition coefficient (Wildman–Crippen LogP) is 3.68. The number of guanidine groups is 1. The molecule has 162 valence electrons. The maximum absolute atomic E-state index is 14.2. The van der Waals surface area contributed by atoms with Crippen LogP contribution in [0.1, 0.15) is 51.5 Å². The van der Waals surface area contributed by atoms with E-state index in [0.29, 0.717) is 31.4 Å². The Bertz CT molecular complexity index is 708. The topological polar surface area (TPSA) is 56.7 Å². The molecule has 1 atom stereocenters. The largest absolute Gasteiger partial charge is 0.357 e. The van der Waals surface area contributed by atoms with E-state index in [9.17, 15) is 9.18 Å². The van der Waals surface area contributed by atoms with Crippen LogP contribution < -0.4 is 10.6 Å². The first-order chi connectivity index (χ1) is 13.5. The van der Waals surface area contributed by atoms with Gasteiger partial charge in [0.1, 0.15) is 5.82 Å². The van der Waals surface area contributed by atoms with Crippen LogP contribution in [0.2, 0.25) is 0 Å². The van der Waals surface area contributed by atoms with Crippen molar-refractivity contribution in [1.29, 1.82) is 0 Å². The zero-order valence-electron chi connectivity index (χ0n) is 17.5. The van der Waals surface area contributed by atoms with E-state index in [2.05, 4.69) is 22.5 Å².